The number of hydrogen-bond donors (Lipinski definition) is 0. The van der Waals surface area contributed by atoms with E-state index in [2.05, 4.69) is 5.10 Å². The smallest absolute Gasteiger partial charge is 0.341 e. The molecule has 0 saturated carbocycles. The monoisotopic (exact) mass is 413 g/mol. The van der Waals surface area contributed by atoms with Crippen molar-refractivity contribution in [3.63, 3.8) is 0 Å². The van der Waals surface area contributed by atoms with Crippen LogP contribution in [-0.4, -0.2) is 40.7 Å². The summed E-state index contributed by atoms with van der Waals surface area (Å²) in [5, 5.41) is 4.42. The van der Waals surface area contributed by atoms with E-state index in [-0.39, 0.29) is 24.7 Å². The molecule has 0 radical (unpaired) electrons. The number of para-hydroxylation sites is 1. The van der Waals surface area contributed by atoms with Crippen molar-refractivity contribution in [2.45, 2.75) is 33.7 Å². The summed E-state index contributed by atoms with van der Waals surface area (Å²) in [6, 6.07) is 7.95. The Labute approximate surface area is 174 Å². The van der Waals surface area contributed by atoms with Crippen LogP contribution < -0.4 is 0 Å². The van der Waals surface area contributed by atoms with Crippen LogP contribution in [0.5, 0.6) is 0 Å². The normalized spacial score (nSPS) is 10.9. The van der Waals surface area contributed by atoms with Crippen LogP contribution in [-0.2, 0) is 22.5 Å². The Morgan fingerprint density at radius 3 is 2.60 bits per heavy atom. The number of aromatic nitrogens is 2. The molecule has 0 aliphatic carbocycles. The fourth-order valence-corrected chi connectivity index (χ4v) is 3.33. The molecule has 30 heavy (non-hydrogen) atoms. The highest BCUT2D eigenvalue weighted by Gasteiger charge is 2.21. The number of rotatable bonds is 6. The Balaban J connectivity index is 1.76. The zero-order valence-electron chi connectivity index (χ0n) is 17.7. The van der Waals surface area contributed by atoms with Crippen molar-refractivity contribution in [1.29, 1.82) is 0 Å². The van der Waals surface area contributed by atoms with Crippen LogP contribution in [0.15, 0.2) is 34.7 Å². The van der Waals surface area contributed by atoms with Crippen LogP contribution in [0.3, 0.4) is 0 Å². The van der Waals surface area contributed by atoms with Crippen LogP contribution in [0, 0.1) is 26.6 Å². The summed E-state index contributed by atoms with van der Waals surface area (Å²) in [5.41, 5.74) is 2.80. The SMILES string of the molecule is COC(=O)c1cc(CN(C)C(=O)Cc2c(C)nn(-c3ccccc3F)c2C)oc1C. The van der Waals surface area contributed by atoms with Gasteiger partial charge in [-0.05, 0) is 39.0 Å². The summed E-state index contributed by atoms with van der Waals surface area (Å²) >= 11 is 0. The number of ether oxygens (including phenoxy) is 1. The maximum atomic E-state index is 14.2. The highest BCUT2D eigenvalue weighted by atomic mass is 19.1. The van der Waals surface area contributed by atoms with E-state index in [1.807, 2.05) is 6.92 Å². The van der Waals surface area contributed by atoms with Gasteiger partial charge in [0.05, 0.1) is 25.8 Å². The van der Waals surface area contributed by atoms with Gasteiger partial charge < -0.3 is 14.1 Å². The van der Waals surface area contributed by atoms with Gasteiger partial charge in [0, 0.05) is 18.3 Å². The zero-order valence-corrected chi connectivity index (χ0v) is 17.7. The number of carbonyl (C=O) groups is 2. The first-order valence-corrected chi connectivity index (χ1v) is 9.44. The third-order valence-electron chi connectivity index (χ3n) is 5.04. The molecule has 0 N–H and O–H groups in total. The van der Waals surface area contributed by atoms with E-state index >= 15 is 0 Å². The highest BCUT2D eigenvalue weighted by molar-refractivity contribution is 5.90. The summed E-state index contributed by atoms with van der Waals surface area (Å²) in [6.07, 6.45) is 0.117. The quantitative estimate of drug-likeness (QED) is 0.578. The molecule has 8 heteroatoms. The van der Waals surface area contributed by atoms with E-state index in [0.29, 0.717) is 34.2 Å². The fraction of sp³-hybridized carbons (Fsp3) is 0.318. The first kappa shape index (κ1) is 21.3. The molecular weight excluding hydrogens is 389 g/mol. The van der Waals surface area contributed by atoms with Crippen molar-refractivity contribution in [2.75, 3.05) is 14.2 Å². The topological polar surface area (TPSA) is 77.6 Å². The second kappa shape index (κ2) is 8.52. The molecule has 0 spiro atoms. The van der Waals surface area contributed by atoms with Crippen molar-refractivity contribution < 1.29 is 23.1 Å². The third-order valence-corrected chi connectivity index (χ3v) is 5.04. The predicted octanol–water partition coefficient (Wildman–Crippen LogP) is 3.52. The van der Waals surface area contributed by atoms with Crippen LogP contribution >= 0.6 is 0 Å². The summed E-state index contributed by atoms with van der Waals surface area (Å²) < 4.78 is 26.0. The van der Waals surface area contributed by atoms with Gasteiger partial charge in [-0.1, -0.05) is 12.1 Å². The van der Waals surface area contributed by atoms with E-state index in [9.17, 15) is 14.0 Å². The lowest BCUT2D eigenvalue weighted by Gasteiger charge is -2.16. The van der Waals surface area contributed by atoms with Gasteiger partial charge >= 0.3 is 5.97 Å². The molecular formula is C22H24FN3O4. The van der Waals surface area contributed by atoms with Crippen LogP contribution in [0.4, 0.5) is 4.39 Å². The van der Waals surface area contributed by atoms with Crippen molar-refractivity contribution in [3.8, 4) is 5.69 Å². The number of aryl methyl sites for hydroxylation is 2. The summed E-state index contributed by atoms with van der Waals surface area (Å²) in [6.45, 7) is 5.48. The molecule has 3 aromatic rings. The second-order valence-electron chi connectivity index (χ2n) is 7.11. The molecule has 1 aromatic carbocycles. The molecule has 0 saturated heterocycles. The van der Waals surface area contributed by atoms with Gasteiger partial charge in [-0.15, -0.1) is 0 Å². The van der Waals surface area contributed by atoms with E-state index in [0.717, 1.165) is 5.56 Å². The maximum absolute atomic E-state index is 14.2. The first-order valence-electron chi connectivity index (χ1n) is 9.44. The number of methoxy groups -OCH3 is 1. The van der Waals surface area contributed by atoms with E-state index in [1.165, 1.54) is 22.8 Å². The van der Waals surface area contributed by atoms with Gasteiger partial charge in [0.15, 0.2) is 0 Å². The molecule has 7 nitrogen and oxygen atoms in total. The lowest BCUT2D eigenvalue weighted by atomic mass is 10.1. The molecule has 0 aliphatic rings. The van der Waals surface area contributed by atoms with Crippen LogP contribution in [0.1, 0.15) is 38.8 Å². The van der Waals surface area contributed by atoms with Gasteiger partial charge in [0.2, 0.25) is 5.91 Å². The standard InChI is InChI=1S/C22H24FN3O4/c1-13-17(14(2)26(24-13)20-9-7-6-8-19(20)23)11-21(27)25(4)12-16-10-18(15(3)30-16)22(28)29-5/h6-10H,11-12H2,1-5H3. The molecule has 158 valence electrons. The van der Waals surface area contributed by atoms with Crippen molar-refractivity contribution in [1.82, 2.24) is 14.7 Å². The Kier molecular flexibility index (Phi) is 6.05. The molecule has 3 rings (SSSR count). The van der Waals surface area contributed by atoms with Crippen LogP contribution in [0.2, 0.25) is 0 Å². The molecule has 2 heterocycles. The number of amides is 1. The highest BCUT2D eigenvalue weighted by Crippen LogP contribution is 2.22. The molecule has 2 aromatic heterocycles. The Hall–Kier alpha value is -3.42. The lowest BCUT2D eigenvalue weighted by Crippen LogP contribution is -2.28. The third kappa shape index (κ3) is 4.12. The number of halogens is 1. The van der Waals surface area contributed by atoms with Crippen LogP contribution in [0.25, 0.3) is 5.69 Å². The van der Waals surface area contributed by atoms with E-state index in [4.69, 9.17) is 9.15 Å². The molecule has 0 aliphatic heterocycles. The Bertz CT molecular complexity index is 1100. The van der Waals surface area contributed by atoms with E-state index < -0.39 is 5.97 Å². The van der Waals surface area contributed by atoms with Crippen molar-refractivity contribution in [2.24, 2.45) is 0 Å². The predicted molar refractivity (Wildman–Crippen MR) is 108 cm³/mol. The first-order chi connectivity index (χ1) is 14.2. The average Bonchev–Trinajstić information content (AvgIpc) is 3.21. The second-order valence-corrected chi connectivity index (χ2v) is 7.11. The minimum atomic E-state index is -0.483. The zero-order chi connectivity index (χ0) is 22.0. The summed E-state index contributed by atoms with van der Waals surface area (Å²) in [7, 11) is 2.96. The summed E-state index contributed by atoms with van der Waals surface area (Å²) in [5.74, 6) is -0.0891. The van der Waals surface area contributed by atoms with Gasteiger partial charge in [0.25, 0.3) is 0 Å². The molecule has 0 atom stereocenters. The maximum Gasteiger partial charge on any atom is 0.341 e. The Morgan fingerprint density at radius 2 is 1.93 bits per heavy atom. The minimum Gasteiger partial charge on any atom is -0.465 e. The van der Waals surface area contributed by atoms with Gasteiger partial charge in [-0.25, -0.2) is 13.9 Å². The molecule has 0 unspecified atom stereocenters. The largest absolute Gasteiger partial charge is 0.465 e. The van der Waals surface area contributed by atoms with E-state index in [1.54, 1.807) is 45.2 Å². The number of nitrogens with zero attached hydrogens (tertiary/aromatic N) is 3. The molecule has 0 bridgehead atoms. The minimum absolute atomic E-state index is 0.117. The number of likely N-dealkylation sites (N-methyl/N-ethyl adjacent to an activating group) is 1. The summed E-state index contributed by atoms with van der Waals surface area (Å²) in [4.78, 5) is 26.0. The molecule has 0 fully saturated rings. The number of esters is 1. The number of carbonyl (C=O) groups excluding carboxylic acids is 2. The number of furan rings is 1. The van der Waals surface area contributed by atoms with Crippen molar-refractivity contribution in [3.05, 3.63) is 70.2 Å². The average molecular weight is 413 g/mol. The van der Waals surface area contributed by atoms with Gasteiger partial charge in [-0.3, -0.25) is 4.79 Å². The van der Waals surface area contributed by atoms with Crippen molar-refractivity contribution >= 4 is 11.9 Å². The Morgan fingerprint density at radius 1 is 1.23 bits per heavy atom. The number of hydrogen-bond acceptors (Lipinski definition) is 5. The fourth-order valence-electron chi connectivity index (χ4n) is 3.33. The van der Waals surface area contributed by atoms with Gasteiger partial charge in [-0.2, -0.15) is 5.10 Å². The number of benzene rings is 1. The molecule has 1 amide bonds. The lowest BCUT2D eigenvalue weighted by molar-refractivity contribution is -0.129. The van der Waals surface area contributed by atoms with Gasteiger partial charge in [0.1, 0.15) is 28.6 Å².